The summed E-state index contributed by atoms with van der Waals surface area (Å²) < 4.78 is 16.4. The molecule has 22 heavy (non-hydrogen) atoms. The predicted octanol–water partition coefficient (Wildman–Crippen LogP) is 5.05. The quantitative estimate of drug-likeness (QED) is 0.667. The number of hydrogen-bond donors (Lipinski definition) is 1. The highest BCUT2D eigenvalue weighted by Gasteiger charge is 2.18. The highest BCUT2D eigenvalue weighted by molar-refractivity contribution is 7.71. The fourth-order valence-corrected chi connectivity index (χ4v) is 2.70. The third kappa shape index (κ3) is 2.28. The van der Waals surface area contributed by atoms with E-state index in [1.54, 1.807) is 0 Å². The minimum atomic E-state index is 0.240. The van der Waals surface area contributed by atoms with Gasteiger partial charge in [0.05, 0.1) is 5.69 Å². The third-order valence-corrected chi connectivity index (χ3v) is 3.85. The van der Waals surface area contributed by atoms with Crippen molar-refractivity contribution >= 4 is 23.8 Å². The Labute approximate surface area is 136 Å². The maximum absolute atomic E-state index is 5.94. The summed E-state index contributed by atoms with van der Waals surface area (Å²) in [5.74, 6) is 2.11. The number of halogens is 1. The summed E-state index contributed by atoms with van der Waals surface area (Å²) in [5.41, 5.74) is 2.60. The van der Waals surface area contributed by atoms with Gasteiger partial charge in [-0.3, -0.25) is 0 Å². The summed E-state index contributed by atoms with van der Waals surface area (Å²) in [7, 11) is 0. The van der Waals surface area contributed by atoms with Crippen molar-refractivity contribution in [1.29, 1.82) is 0 Å². The molecule has 0 unspecified atom stereocenters. The number of aromatic amines is 1. The molecule has 0 radical (unpaired) electrons. The maximum atomic E-state index is 5.94. The van der Waals surface area contributed by atoms with Gasteiger partial charge in [-0.25, -0.2) is 0 Å². The molecule has 0 amide bonds. The van der Waals surface area contributed by atoms with Crippen molar-refractivity contribution in [1.82, 2.24) is 4.98 Å². The second kappa shape index (κ2) is 5.19. The molecule has 110 valence electrons. The fourth-order valence-electron chi connectivity index (χ4n) is 2.39. The smallest absolute Gasteiger partial charge is 0.266 e. The Bertz CT molecular complexity index is 898. The van der Waals surface area contributed by atoms with E-state index in [0.717, 1.165) is 22.6 Å². The first-order valence-electron chi connectivity index (χ1n) is 6.60. The summed E-state index contributed by atoms with van der Waals surface area (Å²) >= 11 is 11.1. The molecule has 2 aromatic carbocycles. The lowest BCUT2D eigenvalue weighted by Crippen LogP contribution is -1.92. The van der Waals surface area contributed by atoms with Crippen LogP contribution in [0.4, 0.5) is 0 Å². The number of fused-ring (bicyclic) bond motifs is 1. The average Bonchev–Trinajstić information content (AvgIpc) is 3.13. The molecule has 4 rings (SSSR count). The lowest BCUT2D eigenvalue weighted by atomic mass is 10.1. The zero-order chi connectivity index (χ0) is 15.1. The van der Waals surface area contributed by atoms with E-state index in [2.05, 4.69) is 4.98 Å². The Hall–Kier alpha value is -2.24. The topological polar surface area (TPSA) is 47.4 Å². The molecule has 1 aliphatic rings. The average molecular weight is 332 g/mol. The van der Waals surface area contributed by atoms with Crippen LogP contribution in [0.15, 0.2) is 46.9 Å². The van der Waals surface area contributed by atoms with Crippen LogP contribution in [0.25, 0.3) is 22.6 Å². The molecular formula is C16H10ClNO3S. The van der Waals surface area contributed by atoms with E-state index < -0.39 is 0 Å². The summed E-state index contributed by atoms with van der Waals surface area (Å²) in [6, 6.07) is 13.1. The molecule has 0 bridgehead atoms. The Morgan fingerprint density at radius 3 is 2.50 bits per heavy atom. The van der Waals surface area contributed by atoms with E-state index in [9.17, 15) is 0 Å². The Kier molecular flexibility index (Phi) is 3.17. The van der Waals surface area contributed by atoms with Crippen LogP contribution in [0.5, 0.6) is 11.5 Å². The monoisotopic (exact) mass is 331 g/mol. The van der Waals surface area contributed by atoms with Crippen molar-refractivity contribution in [3.8, 4) is 34.1 Å². The number of benzene rings is 2. The lowest BCUT2D eigenvalue weighted by molar-refractivity contribution is 0.174. The highest BCUT2D eigenvalue weighted by Crippen LogP contribution is 2.38. The van der Waals surface area contributed by atoms with Crippen LogP contribution in [0, 0.1) is 4.84 Å². The van der Waals surface area contributed by atoms with Crippen molar-refractivity contribution < 1.29 is 13.9 Å². The van der Waals surface area contributed by atoms with E-state index in [4.69, 9.17) is 37.7 Å². The van der Waals surface area contributed by atoms with Crippen molar-refractivity contribution in [3.63, 3.8) is 0 Å². The molecule has 0 fully saturated rings. The van der Waals surface area contributed by atoms with Gasteiger partial charge in [-0.2, -0.15) is 0 Å². The van der Waals surface area contributed by atoms with Crippen LogP contribution in [0.3, 0.4) is 0 Å². The fraction of sp³-hybridized carbons (Fsp3) is 0.0625. The highest BCUT2D eigenvalue weighted by atomic mass is 35.5. The van der Waals surface area contributed by atoms with Gasteiger partial charge < -0.3 is 18.9 Å². The van der Waals surface area contributed by atoms with E-state index >= 15 is 0 Å². The molecule has 2 heterocycles. The molecule has 4 nitrogen and oxygen atoms in total. The number of rotatable bonds is 2. The van der Waals surface area contributed by atoms with Crippen molar-refractivity contribution in [2.45, 2.75) is 0 Å². The minimum absolute atomic E-state index is 0.240. The molecule has 0 saturated heterocycles. The van der Waals surface area contributed by atoms with Crippen LogP contribution in [-0.4, -0.2) is 11.8 Å². The number of H-pyrrole nitrogens is 1. The van der Waals surface area contributed by atoms with Gasteiger partial charge in [0.15, 0.2) is 17.3 Å². The predicted molar refractivity (Wildman–Crippen MR) is 85.9 cm³/mol. The number of oxazole rings is 1. The number of hydrogen-bond acceptors (Lipinski definition) is 4. The Morgan fingerprint density at radius 1 is 0.955 bits per heavy atom. The molecule has 1 aliphatic heterocycles. The van der Waals surface area contributed by atoms with Crippen LogP contribution < -0.4 is 9.47 Å². The van der Waals surface area contributed by atoms with E-state index in [-0.39, 0.29) is 6.79 Å². The van der Waals surface area contributed by atoms with Crippen LogP contribution in [-0.2, 0) is 0 Å². The lowest BCUT2D eigenvalue weighted by Gasteiger charge is -2.04. The van der Waals surface area contributed by atoms with E-state index in [0.29, 0.717) is 21.4 Å². The third-order valence-electron chi connectivity index (χ3n) is 3.42. The molecule has 1 N–H and O–H groups in total. The zero-order valence-electron chi connectivity index (χ0n) is 11.3. The van der Waals surface area contributed by atoms with Gasteiger partial charge in [0.25, 0.3) is 4.84 Å². The second-order valence-corrected chi connectivity index (χ2v) is 5.60. The van der Waals surface area contributed by atoms with E-state index in [1.807, 2.05) is 42.5 Å². The standard InChI is InChI=1S/C16H10ClNO3S/c17-11-4-1-9(2-5-11)15-14(18-16(22)21-15)10-3-6-12-13(7-10)20-8-19-12/h1-7H,8H2,(H,18,22). The van der Waals surface area contributed by atoms with E-state index in [1.165, 1.54) is 0 Å². The molecule has 0 aliphatic carbocycles. The first-order valence-corrected chi connectivity index (χ1v) is 7.38. The summed E-state index contributed by atoms with van der Waals surface area (Å²) in [6.07, 6.45) is 0. The summed E-state index contributed by atoms with van der Waals surface area (Å²) in [5, 5.41) is 0.669. The van der Waals surface area contributed by atoms with Crippen LogP contribution in [0.2, 0.25) is 5.02 Å². The van der Waals surface area contributed by atoms with Crippen molar-refractivity contribution in [3.05, 3.63) is 52.3 Å². The number of ether oxygens (including phenoxy) is 2. The molecule has 0 spiro atoms. The van der Waals surface area contributed by atoms with Crippen molar-refractivity contribution in [2.75, 3.05) is 6.79 Å². The van der Waals surface area contributed by atoms with Crippen molar-refractivity contribution in [2.24, 2.45) is 0 Å². The van der Waals surface area contributed by atoms with Gasteiger partial charge in [0, 0.05) is 16.1 Å². The number of nitrogens with one attached hydrogen (secondary N) is 1. The Balaban J connectivity index is 1.85. The van der Waals surface area contributed by atoms with Crippen LogP contribution in [0.1, 0.15) is 0 Å². The molecule has 3 aromatic rings. The second-order valence-electron chi connectivity index (χ2n) is 4.79. The van der Waals surface area contributed by atoms with Gasteiger partial charge in [-0.15, -0.1) is 0 Å². The summed E-state index contributed by atoms with van der Waals surface area (Å²) in [4.78, 5) is 3.40. The normalized spacial score (nSPS) is 12.6. The first kappa shape index (κ1) is 13.4. The Morgan fingerprint density at radius 2 is 1.68 bits per heavy atom. The van der Waals surface area contributed by atoms with Crippen LogP contribution >= 0.6 is 23.8 Å². The summed E-state index contributed by atoms with van der Waals surface area (Å²) in [6.45, 7) is 0.240. The number of aromatic nitrogens is 1. The largest absolute Gasteiger partial charge is 0.454 e. The minimum Gasteiger partial charge on any atom is -0.454 e. The van der Waals surface area contributed by atoms with Gasteiger partial charge >= 0.3 is 0 Å². The van der Waals surface area contributed by atoms with Gasteiger partial charge in [-0.1, -0.05) is 11.6 Å². The first-order chi connectivity index (χ1) is 10.7. The molecule has 0 atom stereocenters. The SMILES string of the molecule is S=c1[nH]c(-c2ccc3c(c2)OCO3)c(-c2ccc(Cl)cc2)o1. The van der Waals surface area contributed by atoms with Gasteiger partial charge in [0.2, 0.25) is 6.79 Å². The molecule has 1 aromatic heterocycles. The van der Waals surface area contributed by atoms with Gasteiger partial charge in [-0.05, 0) is 54.7 Å². The molecule has 6 heteroatoms. The maximum Gasteiger partial charge on any atom is 0.266 e. The van der Waals surface area contributed by atoms with Gasteiger partial charge in [0.1, 0.15) is 0 Å². The molecular weight excluding hydrogens is 322 g/mol. The zero-order valence-corrected chi connectivity index (χ0v) is 12.8. The molecule has 0 saturated carbocycles.